The van der Waals surface area contributed by atoms with Gasteiger partial charge in [-0.3, -0.25) is 4.98 Å². The number of benzene rings is 1. The van der Waals surface area contributed by atoms with Crippen molar-refractivity contribution in [1.29, 1.82) is 0 Å². The summed E-state index contributed by atoms with van der Waals surface area (Å²) >= 11 is 0. The maximum absolute atomic E-state index is 13.0. The standard InChI is InChI=1S/C20H21NO4/c1-12-11-17(19(22)24-12)25-20(23)18-13-7-3-2-4-9-15(13)21-16-10-6-5-8-14(16)18/h5-6,8,10,12,17H,2-4,7,9,11H2,1H3/t12-,17+/m1/s1. The molecule has 25 heavy (non-hydrogen) atoms. The minimum absolute atomic E-state index is 0.211. The number of para-hydroxylation sites is 1. The van der Waals surface area contributed by atoms with Gasteiger partial charge in [-0.25, -0.2) is 9.59 Å². The molecule has 0 bridgehead atoms. The predicted molar refractivity (Wildman–Crippen MR) is 92.4 cm³/mol. The molecule has 130 valence electrons. The molecular formula is C20H21NO4. The second kappa shape index (κ2) is 6.47. The lowest BCUT2D eigenvalue weighted by molar-refractivity contribution is -0.147. The Morgan fingerprint density at radius 1 is 1.20 bits per heavy atom. The molecule has 5 heteroatoms. The van der Waals surface area contributed by atoms with Gasteiger partial charge in [0.15, 0.2) is 0 Å². The number of nitrogens with zero attached hydrogens (tertiary/aromatic N) is 1. The number of fused-ring (bicyclic) bond motifs is 2. The zero-order valence-electron chi connectivity index (χ0n) is 14.3. The van der Waals surface area contributed by atoms with E-state index >= 15 is 0 Å². The molecule has 0 N–H and O–H groups in total. The van der Waals surface area contributed by atoms with Gasteiger partial charge >= 0.3 is 11.9 Å². The highest BCUT2D eigenvalue weighted by atomic mass is 16.6. The number of pyridine rings is 1. The van der Waals surface area contributed by atoms with Crippen molar-refractivity contribution in [2.75, 3.05) is 0 Å². The SMILES string of the molecule is C[C@@H]1C[C@H](OC(=O)c2c3c(nc4ccccc24)CCCCC3)C(=O)O1. The van der Waals surface area contributed by atoms with Gasteiger partial charge < -0.3 is 9.47 Å². The number of hydrogen-bond donors (Lipinski definition) is 0. The summed E-state index contributed by atoms with van der Waals surface area (Å²) in [4.78, 5) is 29.6. The normalized spacial score (nSPS) is 23.0. The first-order chi connectivity index (χ1) is 12.1. The summed E-state index contributed by atoms with van der Waals surface area (Å²) in [6.07, 6.45) is 4.34. The van der Waals surface area contributed by atoms with Gasteiger partial charge in [0, 0.05) is 17.5 Å². The molecule has 5 nitrogen and oxygen atoms in total. The second-order valence-electron chi connectivity index (χ2n) is 6.87. The van der Waals surface area contributed by atoms with Crippen molar-refractivity contribution in [1.82, 2.24) is 4.98 Å². The molecule has 1 fully saturated rings. The maximum Gasteiger partial charge on any atom is 0.347 e. The molecule has 1 aromatic carbocycles. The van der Waals surface area contributed by atoms with E-state index < -0.39 is 18.0 Å². The lowest BCUT2D eigenvalue weighted by Crippen LogP contribution is -2.24. The number of carbonyl (C=O) groups is 2. The molecule has 0 spiro atoms. The Labute approximate surface area is 146 Å². The van der Waals surface area contributed by atoms with Gasteiger partial charge in [0.1, 0.15) is 6.10 Å². The van der Waals surface area contributed by atoms with Gasteiger partial charge in [0.05, 0.1) is 11.1 Å². The highest BCUT2D eigenvalue weighted by Gasteiger charge is 2.36. The Hall–Kier alpha value is -2.43. The van der Waals surface area contributed by atoms with E-state index in [0.29, 0.717) is 12.0 Å². The smallest absolute Gasteiger partial charge is 0.347 e. The number of aryl methyl sites for hydroxylation is 1. The third-order valence-corrected chi connectivity index (χ3v) is 5.00. The molecule has 2 aromatic rings. The molecule has 2 atom stereocenters. The summed E-state index contributed by atoms with van der Waals surface area (Å²) in [5.74, 6) is -0.891. The number of aromatic nitrogens is 1. The summed E-state index contributed by atoms with van der Waals surface area (Å²) in [7, 11) is 0. The van der Waals surface area contributed by atoms with Crippen LogP contribution >= 0.6 is 0 Å². The molecule has 4 rings (SSSR count). The monoisotopic (exact) mass is 339 g/mol. The highest BCUT2D eigenvalue weighted by molar-refractivity contribution is 6.05. The molecule has 1 aliphatic heterocycles. The molecule has 0 unspecified atom stereocenters. The van der Waals surface area contributed by atoms with E-state index in [1.807, 2.05) is 24.3 Å². The topological polar surface area (TPSA) is 65.5 Å². The van der Waals surface area contributed by atoms with Gasteiger partial charge in [-0.05, 0) is 44.2 Å². The first-order valence-electron chi connectivity index (χ1n) is 8.95. The van der Waals surface area contributed by atoms with Crippen LogP contribution in [0.3, 0.4) is 0 Å². The van der Waals surface area contributed by atoms with E-state index in [-0.39, 0.29) is 6.10 Å². The lowest BCUT2D eigenvalue weighted by Gasteiger charge is -2.16. The van der Waals surface area contributed by atoms with Crippen molar-refractivity contribution in [2.24, 2.45) is 0 Å². The summed E-state index contributed by atoms with van der Waals surface area (Å²) in [5, 5.41) is 0.799. The Balaban J connectivity index is 1.78. The minimum atomic E-state index is -0.809. The molecule has 0 amide bonds. The average molecular weight is 339 g/mol. The molecule has 0 radical (unpaired) electrons. The molecule has 2 heterocycles. The van der Waals surface area contributed by atoms with E-state index in [9.17, 15) is 9.59 Å². The van der Waals surface area contributed by atoms with Crippen LogP contribution in [0.25, 0.3) is 10.9 Å². The van der Waals surface area contributed by atoms with Crippen LogP contribution in [0.1, 0.15) is 54.2 Å². The van der Waals surface area contributed by atoms with Gasteiger partial charge in [-0.2, -0.15) is 0 Å². The fourth-order valence-corrected chi connectivity index (χ4v) is 3.79. The van der Waals surface area contributed by atoms with Crippen LogP contribution in [0.4, 0.5) is 0 Å². The van der Waals surface area contributed by atoms with Gasteiger partial charge in [0.25, 0.3) is 0 Å². The van der Waals surface area contributed by atoms with Crippen LogP contribution in [-0.4, -0.2) is 29.1 Å². The summed E-state index contributed by atoms with van der Waals surface area (Å²) in [6.45, 7) is 1.81. The highest BCUT2D eigenvalue weighted by Crippen LogP contribution is 2.30. The van der Waals surface area contributed by atoms with Crippen LogP contribution in [0, 0.1) is 0 Å². The van der Waals surface area contributed by atoms with Crippen molar-refractivity contribution in [2.45, 2.75) is 57.7 Å². The molecule has 1 aliphatic carbocycles. The number of rotatable bonds is 2. The average Bonchev–Trinajstić information content (AvgIpc) is 2.78. The minimum Gasteiger partial charge on any atom is -0.460 e. The van der Waals surface area contributed by atoms with E-state index in [4.69, 9.17) is 14.5 Å². The molecular weight excluding hydrogens is 318 g/mol. The van der Waals surface area contributed by atoms with E-state index in [2.05, 4.69) is 0 Å². The summed E-state index contributed by atoms with van der Waals surface area (Å²) in [6, 6.07) is 7.64. The number of carbonyl (C=O) groups excluding carboxylic acids is 2. The second-order valence-corrected chi connectivity index (χ2v) is 6.87. The maximum atomic E-state index is 13.0. The molecule has 2 aliphatic rings. The van der Waals surface area contributed by atoms with Crippen molar-refractivity contribution in [3.63, 3.8) is 0 Å². The number of ether oxygens (including phenoxy) is 2. The number of esters is 2. The van der Waals surface area contributed by atoms with Crippen LogP contribution in [0.2, 0.25) is 0 Å². The fourth-order valence-electron chi connectivity index (χ4n) is 3.79. The summed E-state index contributed by atoms with van der Waals surface area (Å²) in [5.41, 5.74) is 3.36. The third kappa shape index (κ3) is 2.99. The van der Waals surface area contributed by atoms with Gasteiger partial charge in [0.2, 0.25) is 6.10 Å². The number of hydrogen-bond acceptors (Lipinski definition) is 5. The third-order valence-electron chi connectivity index (χ3n) is 5.00. The first kappa shape index (κ1) is 16.1. The van der Waals surface area contributed by atoms with E-state index in [1.54, 1.807) is 6.92 Å². The van der Waals surface area contributed by atoms with E-state index in [1.165, 1.54) is 0 Å². The molecule has 1 aromatic heterocycles. The Morgan fingerprint density at radius 2 is 2.00 bits per heavy atom. The van der Waals surface area contributed by atoms with Crippen LogP contribution in [-0.2, 0) is 27.1 Å². The largest absolute Gasteiger partial charge is 0.460 e. The van der Waals surface area contributed by atoms with Crippen LogP contribution in [0.15, 0.2) is 24.3 Å². The van der Waals surface area contributed by atoms with Gasteiger partial charge in [-0.15, -0.1) is 0 Å². The number of cyclic esters (lactones) is 1. The first-order valence-corrected chi connectivity index (χ1v) is 8.95. The quantitative estimate of drug-likeness (QED) is 0.620. The zero-order valence-corrected chi connectivity index (χ0v) is 14.3. The summed E-state index contributed by atoms with van der Waals surface area (Å²) < 4.78 is 10.7. The Morgan fingerprint density at radius 3 is 2.80 bits per heavy atom. The Bertz CT molecular complexity index is 845. The van der Waals surface area contributed by atoms with E-state index in [0.717, 1.165) is 54.3 Å². The zero-order chi connectivity index (χ0) is 17.4. The van der Waals surface area contributed by atoms with Gasteiger partial charge in [-0.1, -0.05) is 24.6 Å². The van der Waals surface area contributed by atoms with Crippen molar-refractivity contribution < 1.29 is 19.1 Å². The van der Waals surface area contributed by atoms with Crippen molar-refractivity contribution in [3.8, 4) is 0 Å². The fraction of sp³-hybridized carbons (Fsp3) is 0.450. The van der Waals surface area contributed by atoms with Crippen LogP contribution < -0.4 is 0 Å². The van der Waals surface area contributed by atoms with Crippen molar-refractivity contribution in [3.05, 3.63) is 41.1 Å². The van der Waals surface area contributed by atoms with Crippen LogP contribution in [0.5, 0.6) is 0 Å². The molecule has 0 saturated carbocycles. The molecule has 1 saturated heterocycles. The lowest BCUT2D eigenvalue weighted by atomic mass is 9.97. The Kier molecular flexibility index (Phi) is 4.15. The van der Waals surface area contributed by atoms with Crippen molar-refractivity contribution >= 4 is 22.8 Å². The predicted octanol–water partition coefficient (Wildman–Crippen LogP) is 3.36.